The van der Waals surface area contributed by atoms with Gasteiger partial charge in [0.05, 0.1) is 4.91 Å². The van der Waals surface area contributed by atoms with Crippen LogP contribution in [0.25, 0.3) is 6.08 Å². The normalized spacial score (nSPS) is 17.8. The number of amides is 1. The zero-order valence-corrected chi connectivity index (χ0v) is 14.4. The molecule has 0 bridgehead atoms. The molecule has 0 aromatic heterocycles. The molecule has 1 fully saturated rings. The van der Waals surface area contributed by atoms with Gasteiger partial charge in [0.2, 0.25) is 0 Å². The van der Waals surface area contributed by atoms with E-state index in [9.17, 15) is 4.79 Å². The average molecular weight is 338 g/mol. The van der Waals surface area contributed by atoms with Crippen LogP contribution in [-0.4, -0.2) is 30.1 Å². The fourth-order valence-electron chi connectivity index (χ4n) is 2.36. The van der Waals surface area contributed by atoms with Crippen molar-refractivity contribution in [3.05, 3.63) is 70.6 Å². The number of hydrogen-bond acceptors (Lipinski definition) is 4. The lowest BCUT2D eigenvalue weighted by Gasteiger charge is -2.09. The summed E-state index contributed by atoms with van der Waals surface area (Å²) in [7, 11) is 3.42. The maximum atomic E-state index is 12.3. The highest BCUT2D eigenvalue weighted by Gasteiger charge is 2.29. The second-order valence-electron chi connectivity index (χ2n) is 5.29. The number of nitrogens with zero attached hydrogens (tertiary/aromatic N) is 2. The van der Waals surface area contributed by atoms with Crippen LogP contribution in [0, 0.1) is 0 Å². The van der Waals surface area contributed by atoms with Crippen LogP contribution in [0.4, 0.5) is 0 Å². The quantitative estimate of drug-likeness (QED) is 0.796. The third-order valence-corrected chi connectivity index (χ3v) is 4.79. The maximum Gasteiger partial charge on any atom is 0.266 e. The molecular formula is C19H18N2O2S. The van der Waals surface area contributed by atoms with E-state index >= 15 is 0 Å². The second kappa shape index (κ2) is 7.36. The molecule has 5 heteroatoms. The van der Waals surface area contributed by atoms with E-state index in [1.165, 1.54) is 11.8 Å². The van der Waals surface area contributed by atoms with Gasteiger partial charge in [0.1, 0.15) is 12.4 Å². The standard InChI is InChI=1S/C19H18N2O2S/c1-20-19-21(2)18(22)17(24-19)12-15-10-6-7-11-16(15)23-13-14-8-4-3-5-9-14/h3-12H,13H2,1-2H3/b17-12+,20-19?. The molecule has 2 aromatic rings. The van der Waals surface area contributed by atoms with Crippen LogP contribution < -0.4 is 4.74 Å². The first-order chi connectivity index (χ1) is 11.7. The number of benzene rings is 2. The Morgan fingerprint density at radius 2 is 1.83 bits per heavy atom. The van der Waals surface area contributed by atoms with Gasteiger partial charge in [-0.3, -0.25) is 14.7 Å². The summed E-state index contributed by atoms with van der Waals surface area (Å²) in [6, 6.07) is 17.7. The molecule has 0 atom stereocenters. The number of rotatable bonds is 4. The third-order valence-electron chi connectivity index (χ3n) is 3.64. The van der Waals surface area contributed by atoms with E-state index in [0.29, 0.717) is 16.7 Å². The highest BCUT2D eigenvalue weighted by Crippen LogP contribution is 2.33. The molecule has 122 valence electrons. The van der Waals surface area contributed by atoms with Gasteiger partial charge >= 0.3 is 0 Å². The Kier molecular flexibility index (Phi) is 5.01. The molecule has 0 aliphatic carbocycles. The minimum absolute atomic E-state index is 0.0431. The Morgan fingerprint density at radius 3 is 2.54 bits per heavy atom. The van der Waals surface area contributed by atoms with E-state index in [1.807, 2.05) is 60.7 Å². The van der Waals surface area contributed by atoms with Gasteiger partial charge < -0.3 is 4.74 Å². The summed E-state index contributed by atoms with van der Waals surface area (Å²) >= 11 is 1.38. The molecule has 3 rings (SSSR count). The van der Waals surface area contributed by atoms with Gasteiger partial charge in [0.15, 0.2) is 5.17 Å². The number of thioether (sulfide) groups is 1. The van der Waals surface area contributed by atoms with Crippen LogP contribution in [-0.2, 0) is 11.4 Å². The fraction of sp³-hybridized carbons (Fsp3) is 0.158. The predicted octanol–water partition coefficient (Wildman–Crippen LogP) is 3.80. The summed E-state index contributed by atoms with van der Waals surface area (Å²) < 4.78 is 5.94. The van der Waals surface area contributed by atoms with Gasteiger partial charge in [-0.2, -0.15) is 0 Å². The number of ether oxygens (including phenoxy) is 1. The first kappa shape index (κ1) is 16.3. The van der Waals surface area contributed by atoms with E-state index in [1.54, 1.807) is 19.0 Å². The number of amidine groups is 1. The molecule has 1 amide bonds. The van der Waals surface area contributed by atoms with Crippen molar-refractivity contribution < 1.29 is 9.53 Å². The Balaban J connectivity index is 1.82. The van der Waals surface area contributed by atoms with E-state index in [0.717, 1.165) is 16.9 Å². The summed E-state index contributed by atoms with van der Waals surface area (Å²) in [5.41, 5.74) is 1.99. The van der Waals surface area contributed by atoms with Crippen molar-refractivity contribution >= 4 is 28.9 Å². The topological polar surface area (TPSA) is 41.9 Å². The maximum absolute atomic E-state index is 12.3. The van der Waals surface area contributed by atoms with Crippen molar-refractivity contribution in [3.63, 3.8) is 0 Å². The van der Waals surface area contributed by atoms with E-state index in [-0.39, 0.29) is 5.91 Å². The van der Waals surface area contributed by atoms with E-state index < -0.39 is 0 Å². The molecule has 0 radical (unpaired) electrons. The minimum Gasteiger partial charge on any atom is -0.488 e. The van der Waals surface area contributed by atoms with Crippen LogP contribution in [0.5, 0.6) is 5.75 Å². The van der Waals surface area contributed by atoms with Crippen LogP contribution in [0.3, 0.4) is 0 Å². The number of hydrogen-bond donors (Lipinski definition) is 0. The number of aliphatic imine (C=N–C) groups is 1. The van der Waals surface area contributed by atoms with Crippen molar-refractivity contribution in [2.45, 2.75) is 6.61 Å². The number of carbonyl (C=O) groups excluding carboxylic acids is 1. The fourth-order valence-corrected chi connectivity index (χ4v) is 3.28. The second-order valence-corrected chi connectivity index (χ2v) is 6.30. The molecule has 0 N–H and O–H groups in total. The van der Waals surface area contributed by atoms with E-state index in [4.69, 9.17) is 4.74 Å². The molecular weight excluding hydrogens is 320 g/mol. The number of carbonyl (C=O) groups is 1. The first-order valence-corrected chi connectivity index (χ1v) is 8.41. The molecule has 0 unspecified atom stereocenters. The van der Waals surface area contributed by atoms with E-state index in [2.05, 4.69) is 4.99 Å². The van der Waals surface area contributed by atoms with Crippen LogP contribution in [0.15, 0.2) is 64.5 Å². The lowest BCUT2D eigenvalue weighted by Crippen LogP contribution is -2.23. The monoisotopic (exact) mass is 338 g/mol. The SMILES string of the molecule is CN=C1S/C(=C/c2ccccc2OCc2ccccc2)C(=O)N1C. The summed E-state index contributed by atoms with van der Waals surface area (Å²) in [5, 5.41) is 0.703. The smallest absolute Gasteiger partial charge is 0.266 e. The number of para-hydroxylation sites is 1. The Labute approximate surface area is 145 Å². The number of likely N-dealkylation sites (N-methyl/N-ethyl adjacent to an activating group) is 1. The summed E-state index contributed by atoms with van der Waals surface area (Å²) in [5.74, 6) is 0.713. The molecule has 4 nitrogen and oxygen atoms in total. The molecule has 24 heavy (non-hydrogen) atoms. The molecule has 1 aliphatic rings. The van der Waals surface area contributed by atoms with Crippen molar-refractivity contribution in [2.75, 3.05) is 14.1 Å². The van der Waals surface area contributed by atoms with Crippen molar-refractivity contribution in [1.82, 2.24) is 4.90 Å². The Hall–Kier alpha value is -2.53. The largest absolute Gasteiger partial charge is 0.488 e. The highest BCUT2D eigenvalue weighted by atomic mass is 32.2. The zero-order chi connectivity index (χ0) is 16.9. The van der Waals surface area contributed by atoms with Crippen LogP contribution in [0.1, 0.15) is 11.1 Å². The average Bonchev–Trinajstić information content (AvgIpc) is 2.90. The molecule has 0 saturated carbocycles. The Bertz CT molecular complexity index is 800. The van der Waals surface area contributed by atoms with Crippen molar-refractivity contribution in [1.29, 1.82) is 0 Å². The molecule has 2 aromatic carbocycles. The first-order valence-electron chi connectivity index (χ1n) is 7.59. The van der Waals surface area contributed by atoms with Gasteiger partial charge in [-0.05, 0) is 29.5 Å². The minimum atomic E-state index is -0.0431. The van der Waals surface area contributed by atoms with Crippen LogP contribution in [0.2, 0.25) is 0 Å². The summed E-state index contributed by atoms with van der Waals surface area (Å²) in [6.45, 7) is 0.490. The van der Waals surface area contributed by atoms with Crippen molar-refractivity contribution in [2.24, 2.45) is 4.99 Å². The summed E-state index contributed by atoms with van der Waals surface area (Å²) in [6.07, 6.45) is 1.86. The highest BCUT2D eigenvalue weighted by molar-refractivity contribution is 8.18. The van der Waals surface area contributed by atoms with Crippen LogP contribution >= 0.6 is 11.8 Å². The lowest BCUT2D eigenvalue weighted by atomic mass is 10.2. The van der Waals surface area contributed by atoms with Gasteiger partial charge in [0, 0.05) is 19.7 Å². The Morgan fingerprint density at radius 1 is 1.12 bits per heavy atom. The molecule has 1 heterocycles. The van der Waals surface area contributed by atoms with Gasteiger partial charge in [-0.25, -0.2) is 0 Å². The summed E-state index contributed by atoms with van der Waals surface area (Å²) in [4.78, 5) is 18.6. The predicted molar refractivity (Wildman–Crippen MR) is 98.9 cm³/mol. The van der Waals surface area contributed by atoms with Crippen molar-refractivity contribution in [3.8, 4) is 5.75 Å². The van der Waals surface area contributed by atoms with Gasteiger partial charge in [0.25, 0.3) is 5.91 Å². The third kappa shape index (κ3) is 3.51. The molecule has 0 spiro atoms. The zero-order valence-electron chi connectivity index (χ0n) is 13.6. The molecule has 1 aliphatic heterocycles. The lowest BCUT2D eigenvalue weighted by molar-refractivity contribution is -0.121. The van der Waals surface area contributed by atoms with Gasteiger partial charge in [-0.15, -0.1) is 0 Å². The molecule has 1 saturated heterocycles. The van der Waals surface area contributed by atoms with Gasteiger partial charge in [-0.1, -0.05) is 48.5 Å².